The van der Waals surface area contributed by atoms with Gasteiger partial charge in [0.15, 0.2) is 11.2 Å². The third-order valence-electron chi connectivity index (χ3n) is 8.59. The molecular formula is C38H22N4O2. The molecule has 0 bridgehead atoms. The molecule has 4 heterocycles. The van der Waals surface area contributed by atoms with Gasteiger partial charge in [0, 0.05) is 21.5 Å². The normalized spacial score (nSPS) is 12.1. The summed E-state index contributed by atoms with van der Waals surface area (Å²) in [5, 5.41) is 4.52. The van der Waals surface area contributed by atoms with E-state index in [4.69, 9.17) is 18.8 Å². The smallest absolute Gasteiger partial charge is 0.229 e. The minimum atomic E-state index is 0.584. The highest BCUT2D eigenvalue weighted by molar-refractivity contribution is 6.16. The van der Waals surface area contributed by atoms with E-state index in [1.165, 1.54) is 0 Å². The molecule has 0 N–H and O–H groups in total. The Morgan fingerprint density at radius 3 is 1.27 bits per heavy atom. The first-order valence-electron chi connectivity index (χ1n) is 14.6. The molecule has 6 heteroatoms. The maximum atomic E-state index is 6.37. The van der Waals surface area contributed by atoms with Crippen molar-refractivity contribution in [3.63, 3.8) is 0 Å². The fourth-order valence-corrected chi connectivity index (χ4v) is 6.73. The number of aromatic nitrogens is 4. The molecule has 0 spiro atoms. The van der Waals surface area contributed by atoms with Crippen molar-refractivity contribution < 1.29 is 8.83 Å². The van der Waals surface area contributed by atoms with Crippen molar-refractivity contribution in [3.05, 3.63) is 133 Å². The minimum absolute atomic E-state index is 0.584. The number of nitrogens with zero attached hydrogens (tertiary/aromatic N) is 4. The second kappa shape index (κ2) is 8.69. The first-order valence-corrected chi connectivity index (χ1v) is 14.6. The van der Waals surface area contributed by atoms with Gasteiger partial charge in [-0.3, -0.25) is 0 Å². The average molecular weight is 567 g/mol. The zero-order chi connectivity index (χ0) is 28.8. The molecule has 206 valence electrons. The lowest BCUT2D eigenvalue weighted by Crippen LogP contribution is -2.10. The first kappa shape index (κ1) is 23.4. The van der Waals surface area contributed by atoms with Crippen LogP contribution in [0.4, 0.5) is 0 Å². The highest BCUT2D eigenvalue weighted by atomic mass is 16.4. The van der Waals surface area contributed by atoms with Gasteiger partial charge in [-0.15, -0.1) is 0 Å². The number of hydrogen-bond donors (Lipinski definition) is 0. The molecule has 0 saturated heterocycles. The van der Waals surface area contributed by atoms with Gasteiger partial charge in [-0.05, 0) is 48.5 Å². The fourth-order valence-electron chi connectivity index (χ4n) is 6.73. The molecule has 0 atom stereocenters. The van der Waals surface area contributed by atoms with Crippen LogP contribution in [0, 0.1) is 0 Å². The Morgan fingerprint density at radius 2 is 0.795 bits per heavy atom. The molecule has 0 amide bonds. The third-order valence-corrected chi connectivity index (χ3v) is 8.59. The largest absolute Gasteiger partial charge is 0.436 e. The van der Waals surface area contributed by atoms with E-state index in [1.807, 2.05) is 48.5 Å². The number of oxazole rings is 2. The van der Waals surface area contributed by atoms with E-state index in [2.05, 4.69) is 94.3 Å². The third kappa shape index (κ3) is 3.14. The monoisotopic (exact) mass is 566 g/mol. The highest BCUT2D eigenvalue weighted by Gasteiger charge is 2.24. The molecule has 0 unspecified atom stereocenters. The maximum absolute atomic E-state index is 6.37. The summed E-state index contributed by atoms with van der Waals surface area (Å²) >= 11 is 0. The van der Waals surface area contributed by atoms with Crippen molar-refractivity contribution in [2.24, 2.45) is 0 Å². The molecule has 0 aliphatic carbocycles. The number of rotatable bonds is 3. The van der Waals surface area contributed by atoms with Crippen molar-refractivity contribution in [2.45, 2.75) is 0 Å². The molecule has 0 radical (unpaired) electrons. The lowest BCUT2D eigenvalue weighted by molar-refractivity contribution is 0.618. The zero-order valence-electron chi connectivity index (χ0n) is 23.3. The van der Waals surface area contributed by atoms with Crippen molar-refractivity contribution in [2.75, 3.05) is 0 Å². The molecular weight excluding hydrogens is 544 g/mol. The number of fused-ring (bicyclic) bond motifs is 8. The predicted molar refractivity (Wildman–Crippen MR) is 176 cm³/mol. The predicted octanol–water partition coefficient (Wildman–Crippen LogP) is 9.83. The first-order chi connectivity index (χ1) is 21.8. The van der Waals surface area contributed by atoms with Crippen LogP contribution in [0.2, 0.25) is 0 Å². The van der Waals surface area contributed by atoms with Crippen molar-refractivity contribution in [3.8, 4) is 22.9 Å². The summed E-state index contributed by atoms with van der Waals surface area (Å²) in [5.74, 6) is 1.17. The summed E-state index contributed by atoms with van der Waals surface area (Å²) in [7, 11) is 0. The number of benzene rings is 6. The summed E-state index contributed by atoms with van der Waals surface area (Å²) in [6.07, 6.45) is 0. The second-order valence-electron chi connectivity index (χ2n) is 11.0. The fraction of sp³-hybridized carbons (Fsp3) is 0. The van der Waals surface area contributed by atoms with Crippen molar-refractivity contribution >= 4 is 65.8 Å². The van der Waals surface area contributed by atoms with Crippen LogP contribution in [0.5, 0.6) is 0 Å². The summed E-state index contributed by atoms with van der Waals surface area (Å²) in [6.45, 7) is 0. The Balaban J connectivity index is 1.40. The van der Waals surface area contributed by atoms with Gasteiger partial charge in [0.25, 0.3) is 0 Å². The lowest BCUT2D eigenvalue weighted by atomic mass is 10.1. The molecule has 6 nitrogen and oxygen atoms in total. The maximum Gasteiger partial charge on any atom is 0.229 e. The summed E-state index contributed by atoms with van der Waals surface area (Å²) in [5.41, 5.74) is 9.18. The van der Waals surface area contributed by atoms with E-state index in [9.17, 15) is 0 Å². The minimum Gasteiger partial charge on any atom is -0.436 e. The van der Waals surface area contributed by atoms with Gasteiger partial charge in [0.05, 0.1) is 33.2 Å². The molecule has 44 heavy (non-hydrogen) atoms. The van der Waals surface area contributed by atoms with Crippen LogP contribution in [0.1, 0.15) is 0 Å². The Kier molecular flexibility index (Phi) is 4.63. The van der Waals surface area contributed by atoms with Crippen LogP contribution >= 0.6 is 0 Å². The highest BCUT2D eigenvalue weighted by Crippen LogP contribution is 2.42. The van der Waals surface area contributed by atoms with Crippen molar-refractivity contribution in [1.82, 2.24) is 19.3 Å². The van der Waals surface area contributed by atoms with Crippen LogP contribution in [0.15, 0.2) is 142 Å². The lowest BCUT2D eigenvalue weighted by Gasteiger charge is -2.15. The summed E-state index contributed by atoms with van der Waals surface area (Å²) in [6, 6.07) is 45.6. The van der Waals surface area contributed by atoms with Gasteiger partial charge >= 0.3 is 0 Å². The standard InChI is InChI=1S/C38H22N4O2/c1-5-19-31-23(11-1)25-13-9-15-27(37-39-29-17-3-7-21-33(29)43-37)35(25)41(31)42-32-20-6-2-12-24(32)26-14-10-16-28(36(26)42)38-40-30-18-4-8-22-34(30)44-38/h1-22H. The van der Waals surface area contributed by atoms with Gasteiger partial charge < -0.3 is 8.83 Å². The average Bonchev–Trinajstić information content (AvgIpc) is 3.85. The Morgan fingerprint density at radius 1 is 0.386 bits per heavy atom. The van der Waals surface area contributed by atoms with Crippen LogP contribution in [-0.2, 0) is 0 Å². The molecule has 0 saturated carbocycles. The van der Waals surface area contributed by atoms with Crippen LogP contribution in [0.3, 0.4) is 0 Å². The van der Waals surface area contributed by atoms with Gasteiger partial charge in [-0.1, -0.05) is 84.9 Å². The van der Waals surface area contributed by atoms with E-state index in [-0.39, 0.29) is 0 Å². The van der Waals surface area contributed by atoms with Crippen LogP contribution < -0.4 is 0 Å². The van der Waals surface area contributed by atoms with Crippen molar-refractivity contribution in [1.29, 1.82) is 0 Å². The molecule has 10 rings (SSSR count). The van der Waals surface area contributed by atoms with Gasteiger partial charge in [-0.25, -0.2) is 19.3 Å². The van der Waals surface area contributed by atoms with E-state index < -0.39 is 0 Å². The van der Waals surface area contributed by atoms with Gasteiger partial charge in [-0.2, -0.15) is 0 Å². The van der Waals surface area contributed by atoms with E-state index >= 15 is 0 Å². The summed E-state index contributed by atoms with van der Waals surface area (Å²) in [4.78, 5) is 9.85. The molecule has 0 aliphatic rings. The van der Waals surface area contributed by atoms with E-state index in [1.54, 1.807) is 0 Å². The topological polar surface area (TPSA) is 61.9 Å². The number of para-hydroxylation sites is 8. The zero-order valence-corrected chi connectivity index (χ0v) is 23.3. The molecule has 0 fully saturated rings. The second-order valence-corrected chi connectivity index (χ2v) is 11.0. The van der Waals surface area contributed by atoms with Gasteiger partial charge in [0.2, 0.25) is 11.8 Å². The van der Waals surface area contributed by atoms with Gasteiger partial charge in [0.1, 0.15) is 11.0 Å². The van der Waals surface area contributed by atoms with E-state index in [0.29, 0.717) is 11.8 Å². The molecule has 10 aromatic rings. The van der Waals surface area contributed by atoms with Crippen LogP contribution in [0.25, 0.3) is 88.7 Å². The SMILES string of the molecule is c1ccc2oc(-c3cccc4c5ccccc5n(-n5c6ccccc6c6cccc(-c7nc8ccccc8o7)c65)c34)nc2c1. The van der Waals surface area contributed by atoms with E-state index in [0.717, 1.165) is 76.9 Å². The van der Waals surface area contributed by atoms with Crippen LogP contribution in [-0.4, -0.2) is 19.3 Å². The molecule has 6 aromatic carbocycles. The Labute approximate surface area is 250 Å². The summed E-state index contributed by atoms with van der Waals surface area (Å²) < 4.78 is 17.4. The molecule has 4 aromatic heterocycles. The Bertz CT molecular complexity index is 2480. The quantitative estimate of drug-likeness (QED) is 0.214. The molecule has 0 aliphatic heterocycles. The Hall–Kier alpha value is -6.14. The number of hydrogen-bond acceptors (Lipinski definition) is 4.